The molecular weight excluding hydrogens is 380 g/mol. The second kappa shape index (κ2) is 7.79. The number of hydrogen-bond donors (Lipinski definition) is 1. The van der Waals surface area contributed by atoms with Crippen LogP contribution in [0, 0.1) is 0 Å². The lowest BCUT2D eigenvalue weighted by Crippen LogP contribution is -2.27. The van der Waals surface area contributed by atoms with Crippen molar-refractivity contribution in [2.24, 2.45) is 0 Å². The lowest BCUT2D eigenvalue weighted by atomic mass is 10.1. The molecule has 0 atom stereocenters. The van der Waals surface area contributed by atoms with Crippen molar-refractivity contribution >= 4 is 28.0 Å². The van der Waals surface area contributed by atoms with Crippen molar-refractivity contribution in [1.82, 2.24) is 24.8 Å². The van der Waals surface area contributed by atoms with E-state index in [4.69, 9.17) is 4.74 Å². The van der Waals surface area contributed by atoms with Crippen LogP contribution in [0.25, 0.3) is 16.6 Å². The van der Waals surface area contributed by atoms with Gasteiger partial charge in [0.15, 0.2) is 17.3 Å². The fourth-order valence-corrected chi connectivity index (χ4v) is 3.76. The molecule has 8 nitrogen and oxygen atoms in total. The number of ketones is 1. The summed E-state index contributed by atoms with van der Waals surface area (Å²) < 4.78 is 7.07. The fourth-order valence-electron chi connectivity index (χ4n) is 3.76. The van der Waals surface area contributed by atoms with Crippen LogP contribution in [0.5, 0.6) is 0 Å². The number of Topliss-reactive ketones (excluding diaryl/α,β-unsaturated/α-hetero) is 1. The Morgan fingerprint density at radius 1 is 1.17 bits per heavy atom. The Hall–Kier alpha value is -3.39. The van der Waals surface area contributed by atoms with Gasteiger partial charge in [0.1, 0.15) is 5.69 Å². The van der Waals surface area contributed by atoms with Crippen LogP contribution in [0.4, 0.5) is 5.69 Å². The van der Waals surface area contributed by atoms with Crippen LogP contribution in [0.2, 0.25) is 0 Å². The van der Waals surface area contributed by atoms with E-state index in [1.807, 2.05) is 18.3 Å². The summed E-state index contributed by atoms with van der Waals surface area (Å²) in [6, 6.07) is 12.2. The molecule has 1 aliphatic rings. The number of benzene rings is 1. The van der Waals surface area contributed by atoms with Crippen LogP contribution >= 0.6 is 0 Å². The highest BCUT2D eigenvalue weighted by atomic mass is 16.5. The minimum absolute atomic E-state index is 0.0853. The van der Waals surface area contributed by atoms with E-state index in [0.717, 1.165) is 48.2 Å². The summed E-state index contributed by atoms with van der Waals surface area (Å²) in [5.74, 6) is 0.606. The summed E-state index contributed by atoms with van der Waals surface area (Å²) in [4.78, 5) is 16.3. The number of aromatic nitrogens is 5. The first-order chi connectivity index (χ1) is 14.7. The van der Waals surface area contributed by atoms with Crippen molar-refractivity contribution in [3.05, 3.63) is 59.7 Å². The quantitative estimate of drug-likeness (QED) is 0.513. The predicted octanol–water partition coefficient (Wildman–Crippen LogP) is 3.06. The van der Waals surface area contributed by atoms with Crippen LogP contribution in [0.1, 0.15) is 41.6 Å². The Morgan fingerprint density at radius 3 is 2.87 bits per heavy atom. The molecule has 1 N–H and O–H groups in total. The molecule has 1 saturated heterocycles. The average Bonchev–Trinajstić information content (AvgIpc) is 3.16. The van der Waals surface area contributed by atoms with Crippen molar-refractivity contribution in [3.8, 4) is 0 Å². The van der Waals surface area contributed by atoms with Crippen LogP contribution in [-0.4, -0.2) is 49.8 Å². The molecule has 0 spiro atoms. The maximum absolute atomic E-state index is 11.7. The number of rotatable bonds is 5. The number of carbonyl (C=O) groups is 1. The van der Waals surface area contributed by atoms with Gasteiger partial charge in [-0.25, -0.2) is 0 Å². The molecule has 4 aromatic rings. The van der Waals surface area contributed by atoms with Gasteiger partial charge in [-0.2, -0.15) is 9.61 Å². The summed E-state index contributed by atoms with van der Waals surface area (Å²) in [5.41, 5.74) is 4.07. The number of carbonyl (C=O) groups excluding carboxylic acids is 1. The van der Waals surface area contributed by atoms with Crippen molar-refractivity contribution < 1.29 is 9.53 Å². The largest absolute Gasteiger partial charge is 0.381 e. The number of pyridine rings is 1. The summed E-state index contributed by atoms with van der Waals surface area (Å²) in [5, 5.41) is 17.4. The Balaban J connectivity index is 1.42. The molecule has 1 aliphatic heterocycles. The molecule has 1 fully saturated rings. The zero-order valence-corrected chi connectivity index (χ0v) is 16.7. The standard InChI is InChI=1S/C22H22N6O2/c1-14(29)19-4-5-21-25-26-22(28(21)27-19)11-15-2-3-20-16(10-15)12-18(13-23-20)24-17-6-8-30-9-7-17/h2-5,10,12-13,17,24H,6-9,11H2,1H3. The summed E-state index contributed by atoms with van der Waals surface area (Å²) in [6.45, 7) is 3.10. The first kappa shape index (κ1) is 18.6. The van der Waals surface area contributed by atoms with Crippen LogP contribution in [0.3, 0.4) is 0 Å². The minimum Gasteiger partial charge on any atom is -0.381 e. The normalized spacial score (nSPS) is 15.0. The molecule has 3 aromatic heterocycles. The van der Waals surface area contributed by atoms with Crippen LogP contribution in [-0.2, 0) is 11.2 Å². The first-order valence-corrected chi connectivity index (χ1v) is 10.1. The molecule has 0 amide bonds. The number of ether oxygens (including phenoxy) is 1. The Morgan fingerprint density at radius 2 is 2.03 bits per heavy atom. The van der Waals surface area contributed by atoms with Gasteiger partial charge >= 0.3 is 0 Å². The Kier molecular flexibility index (Phi) is 4.84. The number of nitrogens with one attached hydrogen (secondary N) is 1. The topological polar surface area (TPSA) is 94.3 Å². The van der Waals surface area contributed by atoms with Crippen molar-refractivity contribution in [2.45, 2.75) is 32.2 Å². The molecule has 8 heteroatoms. The Labute approximate surface area is 173 Å². The van der Waals surface area contributed by atoms with Gasteiger partial charge in [0.25, 0.3) is 0 Å². The number of nitrogens with zero attached hydrogens (tertiary/aromatic N) is 5. The average molecular weight is 402 g/mol. The highest BCUT2D eigenvalue weighted by Gasteiger charge is 2.14. The van der Waals surface area contributed by atoms with E-state index < -0.39 is 0 Å². The first-order valence-electron chi connectivity index (χ1n) is 10.1. The number of fused-ring (bicyclic) bond motifs is 2. The summed E-state index contributed by atoms with van der Waals surface area (Å²) in [7, 11) is 0. The second-order valence-electron chi connectivity index (χ2n) is 7.62. The Bertz CT molecular complexity index is 1230. The smallest absolute Gasteiger partial charge is 0.179 e. The molecule has 0 aliphatic carbocycles. The lowest BCUT2D eigenvalue weighted by Gasteiger charge is -2.24. The van der Waals surface area contributed by atoms with E-state index in [1.165, 1.54) is 6.92 Å². The van der Waals surface area contributed by atoms with Crippen molar-refractivity contribution in [1.29, 1.82) is 0 Å². The molecule has 30 heavy (non-hydrogen) atoms. The van der Waals surface area contributed by atoms with E-state index in [2.05, 4.69) is 37.7 Å². The molecule has 1 aromatic carbocycles. The maximum Gasteiger partial charge on any atom is 0.179 e. The van der Waals surface area contributed by atoms with Gasteiger partial charge in [-0.1, -0.05) is 6.07 Å². The molecule has 0 bridgehead atoms. The molecule has 4 heterocycles. The number of hydrogen-bond acceptors (Lipinski definition) is 7. The molecule has 0 saturated carbocycles. The minimum atomic E-state index is -0.0853. The fraction of sp³-hybridized carbons (Fsp3) is 0.318. The van der Waals surface area contributed by atoms with E-state index in [0.29, 0.717) is 29.6 Å². The monoisotopic (exact) mass is 402 g/mol. The zero-order valence-electron chi connectivity index (χ0n) is 16.7. The van der Waals surface area contributed by atoms with Gasteiger partial charge < -0.3 is 10.1 Å². The highest BCUT2D eigenvalue weighted by Crippen LogP contribution is 2.22. The van der Waals surface area contributed by atoms with Gasteiger partial charge in [-0.3, -0.25) is 9.78 Å². The van der Waals surface area contributed by atoms with Crippen LogP contribution in [0.15, 0.2) is 42.6 Å². The van der Waals surface area contributed by atoms with Crippen molar-refractivity contribution in [2.75, 3.05) is 18.5 Å². The second-order valence-corrected chi connectivity index (χ2v) is 7.62. The summed E-state index contributed by atoms with van der Waals surface area (Å²) in [6.07, 6.45) is 4.46. The molecule has 0 unspecified atom stereocenters. The molecular formula is C22H22N6O2. The van der Waals surface area contributed by atoms with Crippen LogP contribution < -0.4 is 5.32 Å². The lowest BCUT2D eigenvalue weighted by molar-refractivity contribution is 0.0904. The maximum atomic E-state index is 11.7. The van der Waals surface area contributed by atoms with Crippen molar-refractivity contribution in [3.63, 3.8) is 0 Å². The van der Waals surface area contributed by atoms with E-state index in [9.17, 15) is 4.79 Å². The van der Waals surface area contributed by atoms with Gasteiger partial charge in [-0.15, -0.1) is 10.2 Å². The third-order valence-corrected chi connectivity index (χ3v) is 5.39. The highest BCUT2D eigenvalue weighted by molar-refractivity contribution is 5.92. The molecule has 152 valence electrons. The molecule has 0 radical (unpaired) electrons. The zero-order chi connectivity index (χ0) is 20.5. The summed E-state index contributed by atoms with van der Waals surface area (Å²) >= 11 is 0. The van der Waals surface area contributed by atoms with E-state index in [-0.39, 0.29) is 5.78 Å². The molecule has 5 rings (SSSR count). The third kappa shape index (κ3) is 3.73. The predicted molar refractivity (Wildman–Crippen MR) is 113 cm³/mol. The van der Waals surface area contributed by atoms with E-state index >= 15 is 0 Å². The number of anilines is 1. The van der Waals surface area contributed by atoms with Gasteiger partial charge in [0, 0.05) is 38.0 Å². The van der Waals surface area contributed by atoms with E-state index in [1.54, 1.807) is 16.6 Å². The van der Waals surface area contributed by atoms with Gasteiger partial charge in [-0.05, 0) is 48.7 Å². The van der Waals surface area contributed by atoms with Gasteiger partial charge in [0.05, 0.1) is 17.4 Å². The third-order valence-electron chi connectivity index (χ3n) is 5.39. The SMILES string of the molecule is CC(=O)c1ccc2nnc(Cc3ccc4ncc(NC5CCOCC5)cc4c3)n2n1. The van der Waals surface area contributed by atoms with Gasteiger partial charge in [0.2, 0.25) is 0 Å².